The van der Waals surface area contributed by atoms with Gasteiger partial charge in [-0.3, -0.25) is 10.1 Å². The first-order valence-corrected chi connectivity index (χ1v) is 9.52. The van der Waals surface area contributed by atoms with Crippen molar-refractivity contribution in [3.8, 4) is 6.07 Å². The lowest BCUT2D eigenvalue weighted by molar-refractivity contribution is 0.102. The summed E-state index contributed by atoms with van der Waals surface area (Å²) in [6.07, 6.45) is 0. The third kappa shape index (κ3) is 4.49. The molecule has 0 aliphatic heterocycles. The van der Waals surface area contributed by atoms with E-state index in [1.165, 1.54) is 23.1 Å². The van der Waals surface area contributed by atoms with Gasteiger partial charge in [-0.05, 0) is 45.0 Å². The number of nitriles is 1. The van der Waals surface area contributed by atoms with Crippen molar-refractivity contribution in [2.24, 2.45) is 0 Å². The van der Waals surface area contributed by atoms with Crippen LogP contribution in [-0.4, -0.2) is 29.7 Å². The number of carbonyl (C=O) groups is 1. The van der Waals surface area contributed by atoms with Gasteiger partial charge in [-0.15, -0.1) is 0 Å². The maximum Gasteiger partial charge on any atom is 0.257 e. The van der Waals surface area contributed by atoms with Crippen LogP contribution >= 0.6 is 23.1 Å². The first-order chi connectivity index (χ1) is 11.6. The van der Waals surface area contributed by atoms with Crippen molar-refractivity contribution in [2.75, 3.05) is 29.1 Å². The fourth-order valence-electron chi connectivity index (χ4n) is 2.25. The molecule has 126 valence electrons. The molecule has 2 rings (SSSR count). The molecule has 1 amide bonds. The van der Waals surface area contributed by atoms with Gasteiger partial charge in [0, 0.05) is 24.3 Å². The molecule has 0 fully saturated rings. The smallest absolute Gasteiger partial charge is 0.257 e. The molecule has 0 atom stereocenters. The van der Waals surface area contributed by atoms with E-state index in [4.69, 9.17) is 5.26 Å². The Hall–Kier alpha value is -2.04. The van der Waals surface area contributed by atoms with E-state index in [-0.39, 0.29) is 5.91 Å². The molecule has 5 nitrogen and oxygen atoms in total. The number of benzene rings is 1. The van der Waals surface area contributed by atoms with Gasteiger partial charge < -0.3 is 4.90 Å². The molecule has 1 heterocycles. The molecule has 0 bridgehead atoms. The molecule has 0 aliphatic carbocycles. The zero-order valence-corrected chi connectivity index (χ0v) is 15.6. The molecule has 0 saturated carbocycles. The molecular formula is C17H20N4OS2. The second-order valence-electron chi connectivity index (χ2n) is 5.01. The van der Waals surface area contributed by atoms with Crippen molar-refractivity contribution in [2.45, 2.75) is 25.0 Å². The van der Waals surface area contributed by atoms with Crippen LogP contribution in [0.25, 0.3) is 0 Å². The van der Waals surface area contributed by atoms with E-state index in [1.807, 2.05) is 31.2 Å². The summed E-state index contributed by atoms with van der Waals surface area (Å²) in [7, 11) is 0. The summed E-state index contributed by atoms with van der Waals surface area (Å²) >= 11 is 2.84. The van der Waals surface area contributed by atoms with Crippen LogP contribution in [0.15, 0.2) is 28.5 Å². The zero-order chi connectivity index (χ0) is 17.5. The number of rotatable bonds is 7. The Bertz CT molecular complexity index is 730. The highest BCUT2D eigenvalue weighted by Gasteiger charge is 2.12. The number of hydrogen-bond acceptors (Lipinski definition) is 6. The Kier molecular flexibility index (Phi) is 6.64. The highest BCUT2D eigenvalue weighted by atomic mass is 32.2. The minimum atomic E-state index is -0.174. The van der Waals surface area contributed by atoms with Gasteiger partial charge in [0.05, 0.1) is 21.7 Å². The van der Waals surface area contributed by atoms with E-state index < -0.39 is 0 Å². The average molecular weight is 361 g/mol. The summed E-state index contributed by atoms with van der Waals surface area (Å²) in [4.78, 5) is 18.9. The van der Waals surface area contributed by atoms with Crippen LogP contribution in [0, 0.1) is 18.3 Å². The Morgan fingerprint density at radius 1 is 1.33 bits per heavy atom. The molecular weight excluding hydrogens is 340 g/mol. The van der Waals surface area contributed by atoms with Gasteiger partial charge in [0.2, 0.25) is 0 Å². The Balaban J connectivity index is 2.06. The molecule has 1 aromatic carbocycles. The van der Waals surface area contributed by atoms with Crippen LogP contribution < -0.4 is 10.2 Å². The molecule has 2 aromatic rings. The lowest BCUT2D eigenvalue weighted by atomic mass is 10.2. The van der Waals surface area contributed by atoms with Crippen LogP contribution in [-0.2, 0) is 0 Å². The predicted molar refractivity (Wildman–Crippen MR) is 101 cm³/mol. The third-order valence-corrected chi connectivity index (χ3v) is 5.80. The standard InChI is InChI=1S/C17H20N4OS2/c1-4-21(5-2)14-8-6-13(7-9-14)15(22)20-17-19-12(3)16(24-17)23-11-10-18/h6-9H,4-5,11H2,1-3H3,(H,19,20,22). The Labute approximate surface area is 150 Å². The molecule has 0 spiro atoms. The second kappa shape index (κ2) is 8.71. The molecule has 0 unspecified atom stereocenters. The number of amides is 1. The maximum absolute atomic E-state index is 12.4. The number of thiazole rings is 1. The van der Waals surface area contributed by atoms with Crippen LogP contribution in [0.5, 0.6) is 0 Å². The van der Waals surface area contributed by atoms with Crippen LogP contribution in [0.2, 0.25) is 0 Å². The van der Waals surface area contributed by atoms with Crippen LogP contribution in [0.1, 0.15) is 29.9 Å². The summed E-state index contributed by atoms with van der Waals surface area (Å²) in [5.74, 6) is 0.204. The molecule has 1 aromatic heterocycles. The summed E-state index contributed by atoms with van der Waals surface area (Å²) in [6.45, 7) is 7.96. The summed E-state index contributed by atoms with van der Waals surface area (Å²) in [5.41, 5.74) is 2.55. The van der Waals surface area contributed by atoms with Gasteiger partial charge in [-0.1, -0.05) is 23.1 Å². The quantitative estimate of drug-likeness (QED) is 0.751. The zero-order valence-electron chi connectivity index (χ0n) is 14.0. The first-order valence-electron chi connectivity index (χ1n) is 7.72. The van der Waals surface area contributed by atoms with E-state index >= 15 is 0 Å². The van der Waals surface area contributed by atoms with Crippen LogP contribution in [0.3, 0.4) is 0 Å². The monoisotopic (exact) mass is 360 g/mol. The molecule has 1 N–H and O–H groups in total. The average Bonchev–Trinajstić information content (AvgIpc) is 2.94. The van der Waals surface area contributed by atoms with Gasteiger partial charge in [-0.25, -0.2) is 4.98 Å². The summed E-state index contributed by atoms with van der Waals surface area (Å²) in [5, 5.41) is 12.0. The van der Waals surface area contributed by atoms with Crippen molar-refractivity contribution < 1.29 is 4.79 Å². The van der Waals surface area contributed by atoms with Crippen molar-refractivity contribution >= 4 is 39.8 Å². The number of carbonyl (C=O) groups excluding carboxylic acids is 1. The van der Waals surface area contributed by atoms with Gasteiger partial charge in [-0.2, -0.15) is 5.26 Å². The summed E-state index contributed by atoms with van der Waals surface area (Å²) < 4.78 is 0.962. The molecule has 7 heteroatoms. The van der Waals surface area contributed by atoms with E-state index in [2.05, 4.69) is 35.1 Å². The molecule has 0 saturated heterocycles. The van der Waals surface area contributed by atoms with Crippen molar-refractivity contribution in [1.82, 2.24) is 4.98 Å². The van der Waals surface area contributed by atoms with E-state index in [0.29, 0.717) is 16.4 Å². The fourth-order valence-corrected chi connectivity index (χ4v) is 4.04. The highest BCUT2D eigenvalue weighted by molar-refractivity contribution is 8.01. The second-order valence-corrected chi connectivity index (χ2v) is 7.26. The van der Waals surface area contributed by atoms with Gasteiger partial charge >= 0.3 is 0 Å². The number of thioether (sulfide) groups is 1. The van der Waals surface area contributed by atoms with Crippen molar-refractivity contribution in [3.05, 3.63) is 35.5 Å². The topological polar surface area (TPSA) is 69.0 Å². The van der Waals surface area contributed by atoms with Crippen molar-refractivity contribution in [1.29, 1.82) is 5.26 Å². The molecule has 0 radical (unpaired) electrons. The Morgan fingerprint density at radius 2 is 2.00 bits per heavy atom. The predicted octanol–water partition coefficient (Wildman–Crippen LogP) is 4.17. The summed E-state index contributed by atoms with van der Waals surface area (Å²) in [6, 6.07) is 9.67. The van der Waals surface area contributed by atoms with Crippen molar-refractivity contribution in [3.63, 3.8) is 0 Å². The first kappa shape index (κ1) is 18.3. The molecule has 0 aliphatic rings. The number of anilines is 2. The highest BCUT2D eigenvalue weighted by Crippen LogP contribution is 2.32. The number of nitrogens with one attached hydrogen (secondary N) is 1. The minimum absolute atomic E-state index is 0.174. The minimum Gasteiger partial charge on any atom is -0.372 e. The maximum atomic E-state index is 12.4. The fraction of sp³-hybridized carbons (Fsp3) is 0.353. The van der Waals surface area contributed by atoms with E-state index in [9.17, 15) is 4.79 Å². The normalized spacial score (nSPS) is 10.2. The largest absolute Gasteiger partial charge is 0.372 e. The molecule has 24 heavy (non-hydrogen) atoms. The number of aromatic nitrogens is 1. The van der Waals surface area contributed by atoms with Gasteiger partial charge in [0.15, 0.2) is 5.13 Å². The third-order valence-electron chi connectivity index (χ3n) is 3.50. The Morgan fingerprint density at radius 3 is 2.58 bits per heavy atom. The van der Waals surface area contributed by atoms with Gasteiger partial charge in [0.25, 0.3) is 5.91 Å². The van der Waals surface area contributed by atoms with E-state index in [0.717, 1.165) is 28.7 Å². The SMILES string of the molecule is CCN(CC)c1ccc(C(=O)Nc2nc(C)c(SCC#N)s2)cc1. The number of aryl methyl sites for hydroxylation is 1. The van der Waals surface area contributed by atoms with E-state index in [1.54, 1.807) is 0 Å². The van der Waals surface area contributed by atoms with Gasteiger partial charge in [0.1, 0.15) is 0 Å². The number of hydrogen-bond donors (Lipinski definition) is 1. The van der Waals surface area contributed by atoms with Crippen LogP contribution in [0.4, 0.5) is 10.8 Å². The number of nitrogens with zero attached hydrogens (tertiary/aromatic N) is 3. The lowest BCUT2D eigenvalue weighted by Gasteiger charge is -2.20. The lowest BCUT2D eigenvalue weighted by Crippen LogP contribution is -2.21.